The summed E-state index contributed by atoms with van der Waals surface area (Å²) < 4.78 is 18.0. The first kappa shape index (κ1) is 14.9. The highest BCUT2D eigenvalue weighted by atomic mass is 19.1. The maximum absolute atomic E-state index is 12.7. The topological polar surface area (TPSA) is 41.6 Å². The molecule has 1 aromatic rings. The van der Waals surface area contributed by atoms with Crippen LogP contribution in [0.15, 0.2) is 24.3 Å². The first-order valence-corrected chi connectivity index (χ1v) is 7.05. The monoisotopic (exact) mass is 280 g/mol. The molecule has 1 aromatic carbocycles. The highest BCUT2D eigenvalue weighted by Gasteiger charge is 2.11. The zero-order valence-electron chi connectivity index (χ0n) is 11.6. The summed E-state index contributed by atoms with van der Waals surface area (Å²) in [6.07, 6.45) is 1.24. The first-order chi connectivity index (χ1) is 9.74. The molecule has 0 spiro atoms. The smallest absolute Gasteiger partial charge is 0.221 e. The van der Waals surface area contributed by atoms with Gasteiger partial charge in [0.25, 0.3) is 0 Å². The minimum atomic E-state index is -0.233. The Hall–Kier alpha value is -1.46. The molecular formula is C15H21FN2O2. The van der Waals surface area contributed by atoms with E-state index in [1.54, 1.807) is 12.1 Å². The number of nitrogens with one attached hydrogen (secondary N) is 1. The van der Waals surface area contributed by atoms with Gasteiger partial charge in [-0.25, -0.2) is 4.39 Å². The Labute approximate surface area is 118 Å². The normalized spacial score (nSPS) is 16.1. The Morgan fingerprint density at radius 2 is 1.95 bits per heavy atom. The SMILES string of the molecule is O=C(CCN1CCOCC1)NCCc1ccc(F)cc1. The summed E-state index contributed by atoms with van der Waals surface area (Å²) >= 11 is 0. The van der Waals surface area contributed by atoms with Crippen LogP contribution in [0.25, 0.3) is 0 Å². The molecule has 4 nitrogen and oxygen atoms in total. The highest BCUT2D eigenvalue weighted by Crippen LogP contribution is 2.03. The summed E-state index contributed by atoms with van der Waals surface area (Å²) in [5.41, 5.74) is 1.03. The van der Waals surface area contributed by atoms with Gasteiger partial charge in [-0.05, 0) is 24.1 Å². The number of carbonyl (C=O) groups excluding carboxylic acids is 1. The van der Waals surface area contributed by atoms with Crippen molar-refractivity contribution in [2.45, 2.75) is 12.8 Å². The molecule has 1 fully saturated rings. The number of morpholine rings is 1. The zero-order valence-corrected chi connectivity index (χ0v) is 11.6. The lowest BCUT2D eigenvalue weighted by Crippen LogP contribution is -2.39. The van der Waals surface area contributed by atoms with E-state index in [4.69, 9.17) is 4.74 Å². The number of carbonyl (C=O) groups is 1. The first-order valence-electron chi connectivity index (χ1n) is 7.05. The summed E-state index contributed by atoms with van der Waals surface area (Å²) in [6, 6.07) is 6.37. The van der Waals surface area contributed by atoms with Crippen molar-refractivity contribution in [3.8, 4) is 0 Å². The van der Waals surface area contributed by atoms with Crippen molar-refractivity contribution in [3.05, 3.63) is 35.6 Å². The third kappa shape index (κ3) is 5.27. The number of hydrogen-bond acceptors (Lipinski definition) is 3. The number of rotatable bonds is 6. The third-order valence-electron chi connectivity index (χ3n) is 3.41. The maximum atomic E-state index is 12.7. The van der Waals surface area contributed by atoms with Gasteiger partial charge in [-0.3, -0.25) is 9.69 Å². The lowest BCUT2D eigenvalue weighted by Gasteiger charge is -2.26. The molecule has 5 heteroatoms. The van der Waals surface area contributed by atoms with E-state index in [1.807, 2.05) is 0 Å². The number of ether oxygens (including phenoxy) is 1. The average Bonchev–Trinajstić information content (AvgIpc) is 2.48. The molecule has 1 N–H and O–H groups in total. The quantitative estimate of drug-likeness (QED) is 0.851. The lowest BCUT2D eigenvalue weighted by molar-refractivity contribution is -0.121. The van der Waals surface area contributed by atoms with Crippen LogP contribution in [0, 0.1) is 5.82 Å². The van der Waals surface area contributed by atoms with Crippen LogP contribution in [0.2, 0.25) is 0 Å². The molecule has 1 heterocycles. The van der Waals surface area contributed by atoms with Gasteiger partial charge in [0.15, 0.2) is 0 Å². The highest BCUT2D eigenvalue weighted by molar-refractivity contribution is 5.76. The van der Waals surface area contributed by atoms with Gasteiger partial charge >= 0.3 is 0 Å². The average molecular weight is 280 g/mol. The van der Waals surface area contributed by atoms with E-state index in [1.165, 1.54) is 12.1 Å². The van der Waals surface area contributed by atoms with Crippen molar-refractivity contribution in [1.29, 1.82) is 0 Å². The van der Waals surface area contributed by atoms with Crippen molar-refractivity contribution in [3.63, 3.8) is 0 Å². The van der Waals surface area contributed by atoms with E-state index >= 15 is 0 Å². The van der Waals surface area contributed by atoms with Crippen LogP contribution in [0.4, 0.5) is 4.39 Å². The molecule has 110 valence electrons. The molecule has 0 radical (unpaired) electrons. The van der Waals surface area contributed by atoms with Crippen LogP contribution in [0.1, 0.15) is 12.0 Å². The number of benzene rings is 1. The van der Waals surface area contributed by atoms with Crippen LogP contribution in [-0.2, 0) is 16.0 Å². The van der Waals surface area contributed by atoms with E-state index in [0.717, 1.165) is 44.8 Å². The Kier molecular flexibility index (Phi) is 5.95. The Morgan fingerprint density at radius 3 is 2.65 bits per heavy atom. The van der Waals surface area contributed by atoms with Crippen molar-refractivity contribution in [2.24, 2.45) is 0 Å². The second-order valence-corrected chi connectivity index (χ2v) is 4.93. The van der Waals surface area contributed by atoms with Gasteiger partial charge in [-0.1, -0.05) is 12.1 Å². The molecule has 2 rings (SSSR count). The van der Waals surface area contributed by atoms with Crippen molar-refractivity contribution in [2.75, 3.05) is 39.4 Å². The summed E-state index contributed by atoms with van der Waals surface area (Å²) in [5.74, 6) is -0.165. The summed E-state index contributed by atoms with van der Waals surface area (Å²) in [4.78, 5) is 13.9. The molecule has 1 aliphatic rings. The minimum Gasteiger partial charge on any atom is -0.379 e. The number of hydrogen-bond donors (Lipinski definition) is 1. The Bertz CT molecular complexity index is 416. The summed E-state index contributed by atoms with van der Waals surface area (Å²) in [5, 5.41) is 2.89. The molecule has 1 aliphatic heterocycles. The molecule has 20 heavy (non-hydrogen) atoms. The number of halogens is 1. The largest absolute Gasteiger partial charge is 0.379 e. The third-order valence-corrected chi connectivity index (χ3v) is 3.41. The molecule has 0 saturated carbocycles. The standard InChI is InChI=1S/C15H21FN2O2/c16-14-3-1-13(2-4-14)5-7-17-15(19)6-8-18-9-11-20-12-10-18/h1-4H,5-12H2,(H,17,19). The van der Waals surface area contributed by atoms with E-state index in [0.29, 0.717) is 13.0 Å². The van der Waals surface area contributed by atoms with Gasteiger partial charge in [0, 0.05) is 32.6 Å². The fourth-order valence-electron chi connectivity index (χ4n) is 2.17. The molecule has 0 bridgehead atoms. The van der Waals surface area contributed by atoms with Crippen LogP contribution < -0.4 is 5.32 Å². The predicted octanol–water partition coefficient (Wildman–Crippen LogP) is 1.21. The van der Waals surface area contributed by atoms with Gasteiger partial charge < -0.3 is 10.1 Å². The second kappa shape index (κ2) is 7.97. The van der Waals surface area contributed by atoms with Crippen molar-refractivity contribution < 1.29 is 13.9 Å². The van der Waals surface area contributed by atoms with Crippen molar-refractivity contribution in [1.82, 2.24) is 10.2 Å². The number of nitrogens with zero attached hydrogens (tertiary/aromatic N) is 1. The minimum absolute atomic E-state index is 0.0682. The summed E-state index contributed by atoms with van der Waals surface area (Å²) in [7, 11) is 0. The van der Waals surface area contributed by atoms with Crippen LogP contribution in [-0.4, -0.2) is 50.2 Å². The predicted molar refractivity (Wildman–Crippen MR) is 75.0 cm³/mol. The molecular weight excluding hydrogens is 259 g/mol. The van der Waals surface area contributed by atoms with Gasteiger partial charge in [0.05, 0.1) is 13.2 Å². The van der Waals surface area contributed by atoms with E-state index in [-0.39, 0.29) is 11.7 Å². The molecule has 0 aromatic heterocycles. The van der Waals surface area contributed by atoms with Crippen LogP contribution in [0.5, 0.6) is 0 Å². The Balaban J connectivity index is 1.58. The van der Waals surface area contributed by atoms with Crippen LogP contribution in [0.3, 0.4) is 0 Å². The zero-order chi connectivity index (χ0) is 14.2. The lowest BCUT2D eigenvalue weighted by atomic mass is 10.1. The molecule has 1 amide bonds. The maximum Gasteiger partial charge on any atom is 0.221 e. The van der Waals surface area contributed by atoms with E-state index < -0.39 is 0 Å². The second-order valence-electron chi connectivity index (χ2n) is 4.93. The number of amides is 1. The summed E-state index contributed by atoms with van der Waals surface area (Å²) in [6.45, 7) is 4.70. The van der Waals surface area contributed by atoms with Gasteiger partial charge in [0.2, 0.25) is 5.91 Å². The van der Waals surface area contributed by atoms with E-state index in [9.17, 15) is 9.18 Å². The van der Waals surface area contributed by atoms with Gasteiger partial charge in [-0.2, -0.15) is 0 Å². The molecule has 1 saturated heterocycles. The van der Waals surface area contributed by atoms with E-state index in [2.05, 4.69) is 10.2 Å². The molecule has 0 unspecified atom stereocenters. The van der Waals surface area contributed by atoms with Crippen LogP contribution >= 0.6 is 0 Å². The Morgan fingerprint density at radius 1 is 1.25 bits per heavy atom. The fraction of sp³-hybridized carbons (Fsp3) is 0.533. The van der Waals surface area contributed by atoms with Gasteiger partial charge in [-0.15, -0.1) is 0 Å². The van der Waals surface area contributed by atoms with Crippen molar-refractivity contribution >= 4 is 5.91 Å². The van der Waals surface area contributed by atoms with Gasteiger partial charge in [0.1, 0.15) is 5.82 Å². The molecule has 0 aliphatic carbocycles. The fourth-order valence-corrected chi connectivity index (χ4v) is 2.17. The molecule has 0 atom stereocenters.